The van der Waals surface area contributed by atoms with Gasteiger partial charge in [0.1, 0.15) is 24.4 Å². The number of aliphatic hydroxyl groups excluding tert-OH is 4. The van der Waals surface area contributed by atoms with Gasteiger partial charge in [-0.2, -0.15) is 0 Å². The van der Waals surface area contributed by atoms with Crippen LogP contribution in [0, 0.1) is 0 Å². The van der Waals surface area contributed by atoms with E-state index < -0.39 is 46.6 Å². The first-order chi connectivity index (χ1) is 6.72. The molecule has 4 N–H and O–H groups in total. The van der Waals surface area contributed by atoms with Gasteiger partial charge in [0.2, 0.25) is 0 Å². The van der Waals surface area contributed by atoms with Gasteiger partial charge in [-0.3, -0.25) is 0 Å². The largest absolute Gasteiger partial charge is 0.748 e. The van der Waals surface area contributed by atoms with Gasteiger partial charge in [0.05, 0.1) is 15.9 Å². The van der Waals surface area contributed by atoms with Gasteiger partial charge in [-0.1, -0.05) is 0 Å². The van der Waals surface area contributed by atoms with E-state index in [1.54, 1.807) is 0 Å². The van der Waals surface area contributed by atoms with Gasteiger partial charge in [0.15, 0.2) is 6.29 Å². The van der Waals surface area contributed by atoms with Crippen LogP contribution < -0.4 is 0 Å². The van der Waals surface area contributed by atoms with Crippen LogP contribution in [-0.2, 0) is 14.9 Å². The highest BCUT2D eigenvalue weighted by atomic mass is 32.2. The van der Waals surface area contributed by atoms with Crippen LogP contribution in [0.1, 0.15) is 0 Å². The zero-order chi connectivity index (χ0) is 11.8. The first-order valence-corrected chi connectivity index (χ1v) is 5.61. The summed E-state index contributed by atoms with van der Waals surface area (Å²) in [5.74, 6) is -1.09. The second-order valence-corrected chi connectivity index (χ2v) is 4.71. The molecule has 1 rings (SSSR count). The molecular weight excluding hydrogens is 232 g/mol. The van der Waals surface area contributed by atoms with E-state index in [1.807, 2.05) is 0 Å². The number of aliphatic hydroxyl groups is 4. The first-order valence-electron chi connectivity index (χ1n) is 4.03. The highest BCUT2D eigenvalue weighted by Crippen LogP contribution is 2.20. The average molecular weight is 243 g/mol. The molecule has 1 fully saturated rings. The summed E-state index contributed by atoms with van der Waals surface area (Å²) >= 11 is 0. The molecule has 0 aromatic rings. The number of hydrogen-bond acceptors (Lipinski definition) is 8. The molecule has 1 aliphatic rings. The highest BCUT2D eigenvalue weighted by molar-refractivity contribution is 7.85. The maximum Gasteiger partial charge on any atom is 0.183 e. The van der Waals surface area contributed by atoms with Crippen LogP contribution >= 0.6 is 0 Å². The van der Waals surface area contributed by atoms with Gasteiger partial charge < -0.3 is 29.7 Å². The third-order valence-corrected chi connectivity index (χ3v) is 2.79. The van der Waals surface area contributed by atoms with E-state index in [4.69, 9.17) is 15.3 Å². The van der Waals surface area contributed by atoms with E-state index in [-0.39, 0.29) is 0 Å². The predicted octanol–water partition coefficient (Wildman–Crippen LogP) is -3.67. The van der Waals surface area contributed by atoms with Gasteiger partial charge in [-0.15, -0.1) is 0 Å². The van der Waals surface area contributed by atoms with Crippen molar-refractivity contribution in [2.45, 2.75) is 30.7 Å². The molecule has 90 valence electrons. The zero-order valence-corrected chi connectivity index (χ0v) is 8.24. The van der Waals surface area contributed by atoms with E-state index in [9.17, 15) is 18.1 Å². The maximum atomic E-state index is 10.4. The Morgan fingerprint density at radius 1 is 1.07 bits per heavy atom. The fraction of sp³-hybridized carbons (Fsp3) is 1.00. The molecule has 0 bridgehead atoms. The Morgan fingerprint density at radius 2 is 1.60 bits per heavy atom. The van der Waals surface area contributed by atoms with Gasteiger partial charge in [0.25, 0.3) is 0 Å². The lowest BCUT2D eigenvalue weighted by atomic mass is 10.0. The van der Waals surface area contributed by atoms with Crippen molar-refractivity contribution in [1.29, 1.82) is 0 Å². The van der Waals surface area contributed by atoms with Crippen LogP contribution in [-0.4, -0.2) is 69.9 Å². The molecule has 1 aliphatic heterocycles. The van der Waals surface area contributed by atoms with Crippen LogP contribution in [0.2, 0.25) is 0 Å². The maximum absolute atomic E-state index is 10.4. The van der Waals surface area contributed by atoms with Crippen molar-refractivity contribution in [1.82, 2.24) is 0 Å². The topological polar surface area (TPSA) is 147 Å². The number of hydrogen-bond donors (Lipinski definition) is 4. The summed E-state index contributed by atoms with van der Waals surface area (Å²) in [6.45, 7) is 0. The standard InChI is InChI=1S/C6H12O8S/c7-3-2(1-15(11,12)13)14-6(10)5(9)4(3)8/h2-10H,1H2,(H,11,12,13)/p-1/t2-,3-,4+,5+,6?/m1/s1. The molecule has 1 saturated heterocycles. The lowest BCUT2D eigenvalue weighted by Gasteiger charge is -2.38. The first kappa shape index (κ1) is 12.8. The van der Waals surface area contributed by atoms with Crippen LogP contribution in [0.15, 0.2) is 0 Å². The van der Waals surface area contributed by atoms with Crippen molar-refractivity contribution in [3.63, 3.8) is 0 Å². The van der Waals surface area contributed by atoms with Crippen LogP contribution in [0.25, 0.3) is 0 Å². The molecular formula is C6H11O8S-. The summed E-state index contributed by atoms with van der Waals surface area (Å²) in [6, 6.07) is 0. The van der Waals surface area contributed by atoms with Crippen LogP contribution in [0.3, 0.4) is 0 Å². The lowest BCUT2D eigenvalue weighted by Crippen LogP contribution is -2.59. The van der Waals surface area contributed by atoms with Gasteiger partial charge in [0, 0.05) is 0 Å². The minimum absolute atomic E-state index is 1.09. The van der Waals surface area contributed by atoms with E-state index >= 15 is 0 Å². The summed E-state index contributed by atoms with van der Waals surface area (Å²) in [5, 5.41) is 36.4. The normalized spacial score (nSPS) is 42.9. The number of rotatable bonds is 2. The molecule has 0 aromatic heterocycles. The van der Waals surface area contributed by atoms with E-state index in [2.05, 4.69) is 4.74 Å². The van der Waals surface area contributed by atoms with Crippen molar-refractivity contribution >= 4 is 10.1 Å². The Hall–Kier alpha value is -0.290. The minimum atomic E-state index is -4.66. The quantitative estimate of drug-likeness (QED) is 0.363. The molecule has 1 heterocycles. The predicted molar refractivity (Wildman–Crippen MR) is 43.5 cm³/mol. The summed E-state index contributed by atoms with van der Waals surface area (Å²) < 4.78 is 35.6. The molecule has 8 nitrogen and oxygen atoms in total. The second kappa shape index (κ2) is 4.29. The average Bonchev–Trinajstić information content (AvgIpc) is 2.08. The summed E-state index contributed by atoms with van der Waals surface area (Å²) in [7, 11) is -4.66. The lowest BCUT2D eigenvalue weighted by molar-refractivity contribution is -0.276. The number of ether oxygens (including phenoxy) is 1. The molecule has 0 spiro atoms. The molecule has 0 aliphatic carbocycles. The molecule has 0 aromatic carbocycles. The van der Waals surface area contributed by atoms with Crippen LogP contribution in [0.5, 0.6) is 0 Å². The van der Waals surface area contributed by atoms with Gasteiger partial charge >= 0.3 is 0 Å². The van der Waals surface area contributed by atoms with Crippen molar-refractivity contribution in [2.24, 2.45) is 0 Å². The highest BCUT2D eigenvalue weighted by Gasteiger charge is 2.43. The fourth-order valence-electron chi connectivity index (χ4n) is 1.27. The Kier molecular flexibility index (Phi) is 3.66. The Morgan fingerprint density at radius 3 is 2.07 bits per heavy atom. The smallest absolute Gasteiger partial charge is 0.183 e. The molecule has 0 saturated carbocycles. The second-order valence-electron chi connectivity index (χ2n) is 3.26. The van der Waals surface area contributed by atoms with Crippen LogP contribution in [0.4, 0.5) is 0 Å². The third-order valence-electron chi connectivity index (χ3n) is 2.06. The Labute approximate surface area is 85.5 Å². The summed E-state index contributed by atoms with van der Waals surface area (Å²) in [6.07, 6.45) is -8.64. The molecule has 0 radical (unpaired) electrons. The van der Waals surface area contributed by atoms with E-state index in [0.29, 0.717) is 0 Å². The summed E-state index contributed by atoms with van der Waals surface area (Å²) in [5.41, 5.74) is 0. The Balaban J connectivity index is 2.75. The summed E-state index contributed by atoms with van der Waals surface area (Å²) in [4.78, 5) is 0. The third kappa shape index (κ3) is 3.08. The molecule has 9 heteroatoms. The fourth-order valence-corrected chi connectivity index (χ4v) is 1.95. The zero-order valence-electron chi connectivity index (χ0n) is 7.42. The molecule has 0 amide bonds. The van der Waals surface area contributed by atoms with Crippen molar-refractivity contribution in [3.05, 3.63) is 0 Å². The Bertz CT molecular complexity index is 313. The minimum Gasteiger partial charge on any atom is -0.748 e. The molecule has 15 heavy (non-hydrogen) atoms. The van der Waals surface area contributed by atoms with Crippen molar-refractivity contribution in [3.8, 4) is 0 Å². The van der Waals surface area contributed by atoms with Gasteiger partial charge in [-0.05, 0) is 0 Å². The molecule has 5 atom stereocenters. The SMILES string of the molecule is O=S(=O)([O-])C[C@H]1OC(O)[C@@H](O)[C@@H](O)[C@@H]1O. The van der Waals surface area contributed by atoms with E-state index in [1.165, 1.54) is 0 Å². The monoisotopic (exact) mass is 243 g/mol. The molecule has 1 unspecified atom stereocenters. The van der Waals surface area contributed by atoms with Gasteiger partial charge in [-0.25, -0.2) is 8.42 Å². The van der Waals surface area contributed by atoms with E-state index in [0.717, 1.165) is 0 Å². The van der Waals surface area contributed by atoms with Crippen molar-refractivity contribution in [2.75, 3.05) is 5.75 Å². The van der Waals surface area contributed by atoms with Crippen molar-refractivity contribution < 1.29 is 38.1 Å².